The first-order valence-corrected chi connectivity index (χ1v) is 8.21. The number of anilines is 1. The van der Waals surface area contributed by atoms with Gasteiger partial charge in [-0.2, -0.15) is 0 Å². The first kappa shape index (κ1) is 14.8. The van der Waals surface area contributed by atoms with Crippen LogP contribution in [0.3, 0.4) is 0 Å². The Balaban J connectivity index is 2.33. The van der Waals surface area contributed by atoms with E-state index in [9.17, 15) is 13.5 Å². The lowest BCUT2D eigenvalue weighted by Crippen LogP contribution is -2.23. The predicted molar refractivity (Wildman–Crippen MR) is 77.9 cm³/mol. The van der Waals surface area contributed by atoms with Gasteiger partial charge in [-0.1, -0.05) is 0 Å². The van der Waals surface area contributed by atoms with E-state index in [0.717, 1.165) is 23.1 Å². The number of benzene rings is 1. The molecule has 1 aliphatic rings. The summed E-state index contributed by atoms with van der Waals surface area (Å²) in [4.78, 5) is 2.30. The summed E-state index contributed by atoms with van der Waals surface area (Å²) < 4.78 is 26.0. The van der Waals surface area contributed by atoms with Gasteiger partial charge in [-0.3, -0.25) is 0 Å². The molecule has 1 aliphatic heterocycles. The maximum atomic E-state index is 12.0. The van der Waals surface area contributed by atoms with Gasteiger partial charge in [-0.25, -0.2) is 12.7 Å². The Labute approximate surface area is 122 Å². The van der Waals surface area contributed by atoms with E-state index in [0.29, 0.717) is 6.54 Å². The maximum Gasteiger partial charge on any atom is 0.242 e. The first-order chi connectivity index (χ1) is 8.82. The van der Waals surface area contributed by atoms with E-state index in [-0.39, 0.29) is 11.0 Å². The third-order valence-electron chi connectivity index (χ3n) is 3.20. The summed E-state index contributed by atoms with van der Waals surface area (Å²) in [5.41, 5.74) is 0.911. The molecular formula is C12H17BrN2O3S. The molecule has 0 radical (unpaired) electrons. The number of hydrogen-bond donors (Lipinski definition) is 1. The number of aliphatic hydroxyl groups excluding tert-OH is 1. The summed E-state index contributed by atoms with van der Waals surface area (Å²) >= 11 is 3.41. The Hall–Kier alpha value is -0.630. The molecule has 1 N–H and O–H groups in total. The molecule has 0 spiro atoms. The van der Waals surface area contributed by atoms with Gasteiger partial charge < -0.3 is 10.0 Å². The summed E-state index contributed by atoms with van der Waals surface area (Å²) in [5, 5.41) is 9.55. The van der Waals surface area contributed by atoms with Crippen molar-refractivity contribution in [3.8, 4) is 0 Å². The van der Waals surface area contributed by atoms with Gasteiger partial charge in [0.05, 0.1) is 16.7 Å². The van der Waals surface area contributed by atoms with E-state index in [1.807, 2.05) is 4.90 Å². The molecule has 0 amide bonds. The highest BCUT2D eigenvalue weighted by atomic mass is 79.9. The van der Waals surface area contributed by atoms with Crippen LogP contribution in [0.15, 0.2) is 27.6 Å². The van der Waals surface area contributed by atoms with Crippen LogP contribution in [0.2, 0.25) is 0 Å². The van der Waals surface area contributed by atoms with Gasteiger partial charge >= 0.3 is 0 Å². The van der Waals surface area contributed by atoms with E-state index in [2.05, 4.69) is 15.9 Å². The minimum Gasteiger partial charge on any atom is -0.391 e. The van der Waals surface area contributed by atoms with Gasteiger partial charge in [0, 0.05) is 31.7 Å². The first-order valence-electron chi connectivity index (χ1n) is 5.97. The average Bonchev–Trinajstić information content (AvgIpc) is 2.75. The van der Waals surface area contributed by atoms with E-state index in [4.69, 9.17) is 0 Å². The van der Waals surface area contributed by atoms with E-state index < -0.39 is 10.0 Å². The van der Waals surface area contributed by atoms with Crippen LogP contribution in [0.1, 0.15) is 6.42 Å². The maximum absolute atomic E-state index is 12.0. The number of aliphatic hydroxyl groups is 1. The van der Waals surface area contributed by atoms with Crippen LogP contribution in [0.25, 0.3) is 0 Å². The number of rotatable bonds is 3. The smallest absolute Gasteiger partial charge is 0.242 e. The SMILES string of the molecule is CN(C)S(=O)(=O)c1ccc(N2CCC(O)C2)c(Br)c1. The molecule has 1 aromatic rings. The summed E-state index contributed by atoms with van der Waals surface area (Å²) in [6.07, 6.45) is 0.432. The highest BCUT2D eigenvalue weighted by molar-refractivity contribution is 9.10. The molecule has 1 fully saturated rings. The van der Waals surface area contributed by atoms with Crippen molar-refractivity contribution in [3.05, 3.63) is 22.7 Å². The topological polar surface area (TPSA) is 60.9 Å². The molecule has 1 atom stereocenters. The van der Waals surface area contributed by atoms with Crippen LogP contribution in [0.5, 0.6) is 0 Å². The summed E-state index contributed by atoms with van der Waals surface area (Å²) in [6.45, 7) is 1.36. The molecule has 7 heteroatoms. The van der Waals surface area contributed by atoms with Crippen LogP contribution in [-0.2, 0) is 10.0 Å². The van der Waals surface area contributed by atoms with Crippen molar-refractivity contribution in [1.29, 1.82) is 0 Å². The third kappa shape index (κ3) is 2.94. The molecule has 0 aromatic heterocycles. The van der Waals surface area contributed by atoms with Gasteiger partial charge in [0.15, 0.2) is 0 Å². The predicted octanol–water partition coefficient (Wildman–Crippen LogP) is 1.27. The fraction of sp³-hybridized carbons (Fsp3) is 0.500. The molecule has 5 nitrogen and oxygen atoms in total. The summed E-state index contributed by atoms with van der Waals surface area (Å²) in [5.74, 6) is 0. The van der Waals surface area contributed by atoms with Crippen molar-refractivity contribution in [3.63, 3.8) is 0 Å². The zero-order chi connectivity index (χ0) is 14.2. The van der Waals surface area contributed by atoms with Crippen LogP contribution in [0.4, 0.5) is 5.69 Å². The van der Waals surface area contributed by atoms with Gasteiger partial charge in [0.1, 0.15) is 0 Å². The van der Waals surface area contributed by atoms with Crippen molar-refractivity contribution in [2.24, 2.45) is 0 Å². The van der Waals surface area contributed by atoms with Crippen molar-refractivity contribution in [2.75, 3.05) is 32.1 Å². The molecule has 1 heterocycles. The van der Waals surface area contributed by atoms with Crippen molar-refractivity contribution < 1.29 is 13.5 Å². The van der Waals surface area contributed by atoms with E-state index >= 15 is 0 Å². The number of halogens is 1. The standard InChI is InChI=1S/C12H17BrN2O3S/c1-14(2)19(17,18)10-3-4-12(11(13)7-10)15-6-5-9(16)8-15/h3-4,7,9,16H,5-6,8H2,1-2H3. The lowest BCUT2D eigenvalue weighted by atomic mass is 10.3. The Kier molecular flexibility index (Phi) is 4.20. The van der Waals surface area contributed by atoms with Crippen LogP contribution >= 0.6 is 15.9 Å². The molecule has 0 saturated carbocycles. The second-order valence-corrected chi connectivity index (χ2v) is 7.80. The highest BCUT2D eigenvalue weighted by Gasteiger charge is 2.24. The molecule has 1 aromatic carbocycles. The minimum absolute atomic E-state index is 0.257. The van der Waals surface area contributed by atoms with Crippen molar-refractivity contribution in [1.82, 2.24) is 4.31 Å². The molecule has 1 unspecified atom stereocenters. The Bertz CT molecular complexity index is 574. The molecule has 19 heavy (non-hydrogen) atoms. The largest absolute Gasteiger partial charge is 0.391 e. The van der Waals surface area contributed by atoms with Gasteiger partial charge in [-0.05, 0) is 40.5 Å². The summed E-state index contributed by atoms with van der Waals surface area (Å²) in [7, 11) is -0.399. The van der Waals surface area contributed by atoms with E-state index in [1.165, 1.54) is 18.4 Å². The third-order valence-corrected chi connectivity index (χ3v) is 5.65. The Morgan fingerprint density at radius 1 is 1.42 bits per heavy atom. The molecule has 106 valence electrons. The fourth-order valence-electron chi connectivity index (χ4n) is 2.08. The molecule has 0 bridgehead atoms. The van der Waals surface area contributed by atoms with Crippen LogP contribution < -0.4 is 4.90 Å². The molecule has 1 saturated heterocycles. The van der Waals surface area contributed by atoms with Crippen LogP contribution in [0, 0.1) is 0 Å². The average molecular weight is 349 g/mol. The van der Waals surface area contributed by atoms with Gasteiger partial charge in [0.2, 0.25) is 10.0 Å². The Morgan fingerprint density at radius 2 is 2.11 bits per heavy atom. The van der Waals surface area contributed by atoms with Gasteiger partial charge in [-0.15, -0.1) is 0 Å². The second-order valence-electron chi connectivity index (χ2n) is 4.79. The van der Waals surface area contributed by atoms with E-state index in [1.54, 1.807) is 18.2 Å². The molecular weight excluding hydrogens is 332 g/mol. The van der Waals surface area contributed by atoms with Crippen molar-refractivity contribution >= 4 is 31.6 Å². The van der Waals surface area contributed by atoms with Gasteiger partial charge in [0.25, 0.3) is 0 Å². The number of nitrogens with zero attached hydrogens (tertiary/aromatic N) is 2. The highest BCUT2D eigenvalue weighted by Crippen LogP contribution is 2.31. The fourth-order valence-corrected chi connectivity index (χ4v) is 3.79. The normalized spacial score (nSPS) is 20.3. The molecule has 2 rings (SSSR count). The number of β-amino-alcohol motifs (C(OH)–C–C–N with tert-alkyl or cyclic N) is 1. The number of hydrogen-bond acceptors (Lipinski definition) is 4. The number of sulfonamides is 1. The Morgan fingerprint density at radius 3 is 2.58 bits per heavy atom. The lowest BCUT2D eigenvalue weighted by Gasteiger charge is -2.20. The lowest BCUT2D eigenvalue weighted by molar-refractivity contribution is 0.198. The summed E-state index contributed by atoms with van der Waals surface area (Å²) in [6, 6.07) is 4.98. The van der Waals surface area contributed by atoms with Crippen molar-refractivity contribution in [2.45, 2.75) is 17.4 Å². The minimum atomic E-state index is -3.42. The molecule has 0 aliphatic carbocycles. The zero-order valence-corrected chi connectivity index (χ0v) is 13.3. The quantitative estimate of drug-likeness (QED) is 0.893. The zero-order valence-electron chi connectivity index (χ0n) is 10.9. The monoisotopic (exact) mass is 348 g/mol. The van der Waals surface area contributed by atoms with Crippen LogP contribution in [-0.4, -0.2) is 51.1 Å². The second kappa shape index (κ2) is 5.40.